The van der Waals surface area contributed by atoms with Crippen LogP contribution in [-0.4, -0.2) is 16.7 Å². The maximum atomic E-state index is 13.6. The van der Waals surface area contributed by atoms with Crippen LogP contribution in [0, 0.1) is 17.1 Å². The van der Waals surface area contributed by atoms with Gasteiger partial charge in [-0.05, 0) is 25.5 Å². The molecule has 0 fully saturated rings. The standard InChI is InChI=1S/C14H14FN3O2/c1-3-12(19-4-2)13-17-14(20-18-13)9-6-5-7-11(15)10(9)8-16/h5-7,12H,3-4H2,1-2H3. The quantitative estimate of drug-likeness (QED) is 0.837. The highest BCUT2D eigenvalue weighted by Crippen LogP contribution is 2.26. The number of ether oxygens (including phenoxy) is 1. The average molecular weight is 275 g/mol. The van der Waals surface area contributed by atoms with Gasteiger partial charge in [-0.2, -0.15) is 10.2 Å². The Morgan fingerprint density at radius 3 is 2.90 bits per heavy atom. The molecule has 0 bridgehead atoms. The molecule has 0 saturated carbocycles. The molecule has 5 nitrogen and oxygen atoms in total. The molecule has 2 aromatic rings. The number of rotatable bonds is 5. The molecule has 104 valence electrons. The third kappa shape index (κ3) is 2.68. The number of halogens is 1. The molecule has 0 aliphatic heterocycles. The molecule has 1 atom stereocenters. The van der Waals surface area contributed by atoms with Crippen LogP contribution in [0.1, 0.15) is 37.8 Å². The lowest BCUT2D eigenvalue weighted by atomic mass is 10.1. The lowest BCUT2D eigenvalue weighted by Crippen LogP contribution is -2.04. The second kappa shape index (κ2) is 6.26. The molecule has 0 N–H and O–H groups in total. The van der Waals surface area contributed by atoms with Gasteiger partial charge in [-0.1, -0.05) is 18.1 Å². The van der Waals surface area contributed by atoms with Gasteiger partial charge >= 0.3 is 0 Å². The van der Waals surface area contributed by atoms with Gasteiger partial charge < -0.3 is 9.26 Å². The molecule has 2 rings (SSSR count). The third-order valence-corrected chi connectivity index (χ3v) is 2.82. The van der Waals surface area contributed by atoms with Crippen LogP contribution in [0.4, 0.5) is 4.39 Å². The number of hydrogen-bond acceptors (Lipinski definition) is 5. The molecule has 0 saturated heterocycles. The number of aromatic nitrogens is 2. The lowest BCUT2D eigenvalue weighted by molar-refractivity contribution is 0.0518. The van der Waals surface area contributed by atoms with E-state index in [2.05, 4.69) is 10.1 Å². The van der Waals surface area contributed by atoms with Crippen molar-refractivity contribution in [2.75, 3.05) is 6.61 Å². The largest absolute Gasteiger partial charge is 0.370 e. The van der Waals surface area contributed by atoms with Crippen molar-refractivity contribution in [1.29, 1.82) is 5.26 Å². The zero-order chi connectivity index (χ0) is 14.5. The third-order valence-electron chi connectivity index (χ3n) is 2.82. The number of hydrogen-bond donors (Lipinski definition) is 0. The van der Waals surface area contributed by atoms with E-state index in [0.29, 0.717) is 18.9 Å². The molecule has 0 radical (unpaired) electrons. The van der Waals surface area contributed by atoms with E-state index < -0.39 is 5.82 Å². The number of nitrogens with zero attached hydrogens (tertiary/aromatic N) is 3. The van der Waals surface area contributed by atoms with Gasteiger partial charge in [0.25, 0.3) is 5.89 Å². The Kier molecular flexibility index (Phi) is 4.43. The first-order valence-electron chi connectivity index (χ1n) is 6.35. The molecular formula is C14H14FN3O2. The van der Waals surface area contributed by atoms with Gasteiger partial charge in [0.05, 0.1) is 5.56 Å². The zero-order valence-electron chi connectivity index (χ0n) is 11.3. The van der Waals surface area contributed by atoms with E-state index in [1.807, 2.05) is 13.8 Å². The van der Waals surface area contributed by atoms with Crippen LogP contribution in [0.5, 0.6) is 0 Å². The van der Waals surface area contributed by atoms with Crippen molar-refractivity contribution < 1.29 is 13.7 Å². The zero-order valence-corrected chi connectivity index (χ0v) is 11.3. The lowest BCUT2D eigenvalue weighted by Gasteiger charge is -2.09. The van der Waals surface area contributed by atoms with Crippen molar-refractivity contribution in [3.05, 3.63) is 35.4 Å². The van der Waals surface area contributed by atoms with Gasteiger partial charge in [0, 0.05) is 6.61 Å². The van der Waals surface area contributed by atoms with Crippen molar-refractivity contribution in [3.8, 4) is 17.5 Å². The highest BCUT2D eigenvalue weighted by Gasteiger charge is 2.20. The smallest absolute Gasteiger partial charge is 0.259 e. The summed E-state index contributed by atoms with van der Waals surface area (Å²) in [6.45, 7) is 4.36. The van der Waals surface area contributed by atoms with E-state index in [0.717, 1.165) is 0 Å². The maximum Gasteiger partial charge on any atom is 0.259 e. The molecule has 1 heterocycles. The van der Waals surface area contributed by atoms with Crippen LogP contribution in [0.15, 0.2) is 22.7 Å². The van der Waals surface area contributed by atoms with Gasteiger partial charge in [0.2, 0.25) is 5.82 Å². The molecular weight excluding hydrogens is 261 g/mol. The minimum Gasteiger partial charge on any atom is -0.370 e. The Bertz CT molecular complexity index is 634. The first-order chi connectivity index (χ1) is 9.71. The fourth-order valence-electron chi connectivity index (χ4n) is 1.87. The highest BCUT2D eigenvalue weighted by atomic mass is 19.1. The van der Waals surface area contributed by atoms with Gasteiger partial charge in [-0.25, -0.2) is 4.39 Å². The Hall–Kier alpha value is -2.26. The molecule has 20 heavy (non-hydrogen) atoms. The summed E-state index contributed by atoms with van der Waals surface area (Å²) in [6.07, 6.45) is 0.428. The second-order valence-electron chi connectivity index (χ2n) is 4.08. The number of benzene rings is 1. The predicted octanol–water partition coefficient (Wildman–Crippen LogP) is 3.23. The SMILES string of the molecule is CCOC(CC)c1noc(-c2cccc(F)c2C#N)n1. The highest BCUT2D eigenvalue weighted by molar-refractivity contribution is 5.63. The summed E-state index contributed by atoms with van der Waals surface area (Å²) in [6, 6.07) is 6.09. The Labute approximate surface area is 116 Å². The molecule has 0 aliphatic carbocycles. The molecule has 0 amide bonds. The van der Waals surface area contributed by atoms with Crippen molar-refractivity contribution in [2.45, 2.75) is 26.4 Å². The fourth-order valence-corrected chi connectivity index (χ4v) is 1.87. The van der Waals surface area contributed by atoms with Crippen molar-refractivity contribution in [2.24, 2.45) is 0 Å². The molecule has 1 aromatic carbocycles. The van der Waals surface area contributed by atoms with Crippen LogP contribution >= 0.6 is 0 Å². The first-order valence-corrected chi connectivity index (χ1v) is 6.35. The van der Waals surface area contributed by atoms with Crippen LogP contribution in [0.25, 0.3) is 11.5 Å². The van der Waals surface area contributed by atoms with Crippen molar-refractivity contribution in [3.63, 3.8) is 0 Å². The summed E-state index contributed by atoms with van der Waals surface area (Å²) in [4.78, 5) is 4.20. The summed E-state index contributed by atoms with van der Waals surface area (Å²) >= 11 is 0. The van der Waals surface area contributed by atoms with E-state index >= 15 is 0 Å². The van der Waals surface area contributed by atoms with Gasteiger partial charge in [0.1, 0.15) is 23.6 Å². The molecule has 0 spiro atoms. The van der Waals surface area contributed by atoms with Crippen LogP contribution in [0.3, 0.4) is 0 Å². The molecule has 0 aliphatic rings. The van der Waals surface area contributed by atoms with Crippen LogP contribution in [-0.2, 0) is 4.74 Å². The van der Waals surface area contributed by atoms with E-state index in [1.54, 1.807) is 12.1 Å². The second-order valence-corrected chi connectivity index (χ2v) is 4.08. The fraction of sp³-hybridized carbons (Fsp3) is 0.357. The first kappa shape index (κ1) is 14.2. The summed E-state index contributed by atoms with van der Waals surface area (Å²) in [5.74, 6) is -0.0895. The molecule has 6 heteroatoms. The Balaban J connectivity index is 2.39. The Morgan fingerprint density at radius 1 is 1.45 bits per heavy atom. The molecule has 1 aromatic heterocycles. The maximum absolute atomic E-state index is 13.6. The van der Waals surface area contributed by atoms with E-state index in [4.69, 9.17) is 14.5 Å². The van der Waals surface area contributed by atoms with Crippen molar-refractivity contribution >= 4 is 0 Å². The summed E-state index contributed by atoms with van der Waals surface area (Å²) in [7, 11) is 0. The van der Waals surface area contributed by atoms with Crippen molar-refractivity contribution in [1.82, 2.24) is 10.1 Å². The van der Waals surface area contributed by atoms with Gasteiger partial charge in [-0.3, -0.25) is 0 Å². The number of nitriles is 1. The van der Waals surface area contributed by atoms with E-state index in [-0.39, 0.29) is 23.1 Å². The summed E-state index contributed by atoms with van der Waals surface area (Å²) in [5, 5.41) is 12.8. The van der Waals surface area contributed by atoms with Crippen LogP contribution in [0.2, 0.25) is 0 Å². The minimum atomic E-state index is -0.610. The summed E-state index contributed by atoms with van der Waals surface area (Å²) in [5.41, 5.74) is 0.185. The summed E-state index contributed by atoms with van der Waals surface area (Å²) < 4.78 is 24.2. The van der Waals surface area contributed by atoms with E-state index in [9.17, 15) is 4.39 Å². The predicted molar refractivity (Wildman–Crippen MR) is 69.1 cm³/mol. The van der Waals surface area contributed by atoms with Crippen LogP contribution < -0.4 is 0 Å². The normalized spacial score (nSPS) is 12.1. The minimum absolute atomic E-state index is 0.104. The molecule has 1 unspecified atom stereocenters. The topological polar surface area (TPSA) is 71.9 Å². The average Bonchev–Trinajstić information content (AvgIpc) is 2.93. The monoisotopic (exact) mass is 275 g/mol. The van der Waals surface area contributed by atoms with Gasteiger partial charge in [0.15, 0.2) is 0 Å². The van der Waals surface area contributed by atoms with Gasteiger partial charge in [-0.15, -0.1) is 0 Å². The Morgan fingerprint density at radius 2 is 2.25 bits per heavy atom. The van der Waals surface area contributed by atoms with E-state index in [1.165, 1.54) is 12.1 Å².